The highest BCUT2D eigenvalue weighted by Crippen LogP contribution is 2.21. The molecule has 2 saturated heterocycles. The van der Waals surface area contributed by atoms with Crippen LogP contribution in [0.1, 0.15) is 25.7 Å². The molecule has 4 heteroatoms. The molecule has 0 aliphatic carbocycles. The fourth-order valence-corrected chi connectivity index (χ4v) is 3.70. The van der Waals surface area contributed by atoms with Crippen molar-refractivity contribution in [3.63, 3.8) is 0 Å². The van der Waals surface area contributed by atoms with Crippen molar-refractivity contribution in [3.8, 4) is 5.75 Å². The van der Waals surface area contributed by atoms with Crippen LogP contribution in [0.5, 0.6) is 5.75 Å². The third kappa shape index (κ3) is 4.35. The Balaban J connectivity index is 1.39. The van der Waals surface area contributed by atoms with E-state index < -0.39 is 0 Å². The summed E-state index contributed by atoms with van der Waals surface area (Å²) >= 11 is 5.96. The molecule has 0 N–H and O–H groups in total. The van der Waals surface area contributed by atoms with E-state index >= 15 is 0 Å². The second-order valence-corrected chi connectivity index (χ2v) is 6.58. The second kappa shape index (κ2) is 7.48. The summed E-state index contributed by atoms with van der Waals surface area (Å²) in [5, 5.41) is 0.737. The van der Waals surface area contributed by atoms with Gasteiger partial charge in [0.05, 0.1) is 6.61 Å². The lowest BCUT2D eigenvalue weighted by atomic mass is 10.2. The van der Waals surface area contributed by atoms with Gasteiger partial charge in [0.2, 0.25) is 0 Å². The molecule has 3 rings (SSSR count). The van der Waals surface area contributed by atoms with E-state index in [9.17, 15) is 0 Å². The van der Waals surface area contributed by atoms with Gasteiger partial charge in [0.25, 0.3) is 0 Å². The molecular weight excluding hydrogens is 284 g/mol. The van der Waals surface area contributed by atoms with Gasteiger partial charge >= 0.3 is 0 Å². The van der Waals surface area contributed by atoms with E-state index in [1.54, 1.807) is 0 Å². The fourth-order valence-electron chi connectivity index (χ4n) is 3.52. The van der Waals surface area contributed by atoms with Crippen LogP contribution in [0.3, 0.4) is 0 Å². The van der Waals surface area contributed by atoms with Gasteiger partial charge in [-0.2, -0.15) is 0 Å². The van der Waals surface area contributed by atoms with Crippen LogP contribution >= 0.6 is 11.6 Å². The van der Waals surface area contributed by atoms with E-state index in [-0.39, 0.29) is 0 Å². The van der Waals surface area contributed by atoms with E-state index in [4.69, 9.17) is 16.3 Å². The van der Waals surface area contributed by atoms with Crippen LogP contribution in [-0.4, -0.2) is 55.2 Å². The summed E-state index contributed by atoms with van der Waals surface area (Å²) in [6, 6.07) is 8.46. The Morgan fingerprint density at radius 2 is 2.10 bits per heavy atom. The van der Waals surface area contributed by atoms with Crippen LogP contribution in [0.25, 0.3) is 0 Å². The Kier molecular flexibility index (Phi) is 5.39. The van der Waals surface area contributed by atoms with E-state index in [0.29, 0.717) is 0 Å². The third-order valence-corrected chi connectivity index (χ3v) is 4.81. The summed E-state index contributed by atoms with van der Waals surface area (Å²) in [7, 11) is 0. The average molecular weight is 309 g/mol. The Bertz CT molecular complexity index is 454. The lowest BCUT2D eigenvalue weighted by Crippen LogP contribution is -2.37. The molecule has 3 nitrogen and oxygen atoms in total. The zero-order chi connectivity index (χ0) is 14.5. The highest BCUT2D eigenvalue weighted by Gasteiger charge is 2.28. The summed E-state index contributed by atoms with van der Waals surface area (Å²) in [6.45, 7) is 7.01. The molecule has 2 aliphatic rings. The molecule has 21 heavy (non-hydrogen) atoms. The van der Waals surface area contributed by atoms with Gasteiger partial charge in [-0.05, 0) is 63.5 Å². The first kappa shape index (κ1) is 15.1. The lowest BCUT2D eigenvalue weighted by molar-refractivity contribution is 0.205. The molecule has 2 heterocycles. The first-order valence-corrected chi connectivity index (χ1v) is 8.54. The SMILES string of the molecule is Clc1cccc(OCCCN2CCCN3CCC[C@H]3C2)c1. The molecular formula is C17H25ClN2O. The zero-order valence-corrected chi connectivity index (χ0v) is 13.4. The smallest absolute Gasteiger partial charge is 0.120 e. The number of fused-ring (bicyclic) bond motifs is 1. The van der Waals surface area contributed by atoms with Gasteiger partial charge < -0.3 is 9.64 Å². The van der Waals surface area contributed by atoms with Crippen molar-refractivity contribution < 1.29 is 4.74 Å². The number of benzene rings is 1. The van der Waals surface area contributed by atoms with Crippen molar-refractivity contribution in [2.75, 3.05) is 39.3 Å². The van der Waals surface area contributed by atoms with Crippen molar-refractivity contribution in [1.82, 2.24) is 9.80 Å². The van der Waals surface area contributed by atoms with Gasteiger partial charge in [-0.1, -0.05) is 17.7 Å². The number of ether oxygens (including phenoxy) is 1. The minimum absolute atomic E-state index is 0.737. The summed E-state index contributed by atoms with van der Waals surface area (Å²) in [5.74, 6) is 0.875. The topological polar surface area (TPSA) is 15.7 Å². The first-order valence-electron chi connectivity index (χ1n) is 8.16. The lowest BCUT2D eigenvalue weighted by Gasteiger charge is -2.25. The van der Waals surface area contributed by atoms with E-state index in [2.05, 4.69) is 9.80 Å². The molecule has 2 fully saturated rings. The third-order valence-electron chi connectivity index (χ3n) is 4.57. The minimum atomic E-state index is 0.737. The molecule has 0 amide bonds. The van der Waals surface area contributed by atoms with Gasteiger partial charge in [0, 0.05) is 24.2 Å². The number of halogens is 1. The fraction of sp³-hybridized carbons (Fsp3) is 0.647. The Labute approximate surface area is 132 Å². The first-order chi connectivity index (χ1) is 10.3. The maximum atomic E-state index is 5.96. The molecule has 0 bridgehead atoms. The van der Waals surface area contributed by atoms with Gasteiger partial charge in [0.1, 0.15) is 5.75 Å². The molecule has 0 saturated carbocycles. The van der Waals surface area contributed by atoms with Crippen molar-refractivity contribution in [3.05, 3.63) is 29.3 Å². The number of nitrogens with zero attached hydrogens (tertiary/aromatic N) is 2. The molecule has 116 valence electrons. The zero-order valence-electron chi connectivity index (χ0n) is 12.6. The molecule has 1 atom stereocenters. The molecule has 0 radical (unpaired) electrons. The monoisotopic (exact) mass is 308 g/mol. The number of hydrogen-bond donors (Lipinski definition) is 0. The Hall–Kier alpha value is -0.770. The van der Waals surface area contributed by atoms with Crippen molar-refractivity contribution in [2.24, 2.45) is 0 Å². The van der Waals surface area contributed by atoms with Crippen LogP contribution in [0.15, 0.2) is 24.3 Å². The average Bonchev–Trinajstić information content (AvgIpc) is 2.82. The minimum Gasteiger partial charge on any atom is -0.493 e. The Morgan fingerprint density at radius 1 is 1.19 bits per heavy atom. The molecule has 1 aromatic carbocycles. The summed E-state index contributed by atoms with van der Waals surface area (Å²) in [5.41, 5.74) is 0. The summed E-state index contributed by atoms with van der Waals surface area (Å²) in [4.78, 5) is 5.31. The summed E-state index contributed by atoms with van der Waals surface area (Å²) < 4.78 is 5.77. The predicted octanol–water partition coefficient (Wildman–Crippen LogP) is 3.28. The van der Waals surface area contributed by atoms with Crippen LogP contribution in [0.4, 0.5) is 0 Å². The van der Waals surface area contributed by atoms with E-state index in [1.807, 2.05) is 24.3 Å². The predicted molar refractivity (Wildman–Crippen MR) is 87.2 cm³/mol. The highest BCUT2D eigenvalue weighted by atomic mass is 35.5. The highest BCUT2D eigenvalue weighted by molar-refractivity contribution is 6.30. The van der Waals surface area contributed by atoms with Crippen LogP contribution in [-0.2, 0) is 0 Å². The quantitative estimate of drug-likeness (QED) is 0.776. The Morgan fingerprint density at radius 3 is 3.00 bits per heavy atom. The normalized spacial score (nSPS) is 23.8. The molecule has 2 aliphatic heterocycles. The molecule has 0 spiro atoms. The van der Waals surface area contributed by atoms with Gasteiger partial charge in [-0.25, -0.2) is 0 Å². The van der Waals surface area contributed by atoms with Crippen LogP contribution in [0.2, 0.25) is 5.02 Å². The van der Waals surface area contributed by atoms with E-state index in [0.717, 1.165) is 36.4 Å². The van der Waals surface area contributed by atoms with Crippen molar-refractivity contribution >= 4 is 11.6 Å². The standard InChI is InChI=1S/C17H25ClN2O/c18-15-5-1-7-17(13-15)21-12-4-9-19-8-3-11-20-10-2-6-16(20)14-19/h1,5,7,13,16H,2-4,6,8-12,14H2/t16-/m0/s1. The van der Waals surface area contributed by atoms with Gasteiger partial charge in [-0.15, -0.1) is 0 Å². The van der Waals surface area contributed by atoms with Gasteiger partial charge in [-0.3, -0.25) is 4.90 Å². The largest absolute Gasteiger partial charge is 0.493 e. The van der Waals surface area contributed by atoms with Crippen molar-refractivity contribution in [1.29, 1.82) is 0 Å². The summed E-state index contributed by atoms with van der Waals surface area (Å²) in [6.07, 6.45) is 5.16. The van der Waals surface area contributed by atoms with E-state index in [1.165, 1.54) is 45.4 Å². The number of rotatable bonds is 5. The molecule has 1 aromatic rings. The second-order valence-electron chi connectivity index (χ2n) is 6.15. The molecule has 0 aromatic heterocycles. The maximum absolute atomic E-state index is 5.96. The van der Waals surface area contributed by atoms with Crippen LogP contribution in [0, 0.1) is 0 Å². The van der Waals surface area contributed by atoms with Crippen molar-refractivity contribution in [2.45, 2.75) is 31.7 Å². The maximum Gasteiger partial charge on any atom is 0.120 e. The van der Waals surface area contributed by atoms with Gasteiger partial charge in [0.15, 0.2) is 0 Å². The van der Waals surface area contributed by atoms with Crippen LogP contribution < -0.4 is 4.74 Å². The number of hydrogen-bond acceptors (Lipinski definition) is 3. The molecule has 0 unspecified atom stereocenters.